The van der Waals surface area contributed by atoms with Gasteiger partial charge in [0.25, 0.3) is 5.91 Å². The molecule has 27 heavy (non-hydrogen) atoms. The highest BCUT2D eigenvalue weighted by atomic mass is 32.2. The van der Waals surface area contributed by atoms with E-state index in [0.29, 0.717) is 25.2 Å². The van der Waals surface area contributed by atoms with Crippen LogP contribution in [0, 0.1) is 11.8 Å². The number of hydrogen-bond acceptors (Lipinski definition) is 7. The van der Waals surface area contributed by atoms with Crippen molar-refractivity contribution in [2.24, 2.45) is 11.8 Å². The molecule has 3 heterocycles. The first-order valence-electron chi connectivity index (χ1n) is 8.95. The fourth-order valence-electron chi connectivity index (χ4n) is 4.17. The van der Waals surface area contributed by atoms with E-state index in [9.17, 15) is 18.0 Å². The topological polar surface area (TPSA) is 90.9 Å². The molecule has 3 rings (SSSR count). The van der Waals surface area contributed by atoms with Crippen molar-refractivity contribution in [3.63, 3.8) is 0 Å². The Balaban J connectivity index is 1.91. The van der Waals surface area contributed by atoms with Crippen molar-refractivity contribution in [2.75, 3.05) is 26.9 Å². The highest BCUT2D eigenvalue weighted by Gasteiger charge is 2.58. The third-order valence-electron chi connectivity index (χ3n) is 5.15. The maximum atomic E-state index is 13.1. The molecule has 0 radical (unpaired) electrons. The summed E-state index contributed by atoms with van der Waals surface area (Å²) >= 11 is 1.43. The molecule has 0 bridgehead atoms. The molecule has 8 nitrogen and oxygen atoms in total. The molecule has 0 N–H and O–H groups in total. The standard InChI is InChI=1S/C17H26N4O4S2/c1-10(2)14-15-12(21(17(14)23)27(5,24)25)6-7-20(15)16(22)11-9-26-13(18-11)8-19(3)4/h9-10,12,14-15H,6-8H2,1-5H3/t12-,14+,15-/m1/s1. The molecule has 2 saturated heterocycles. The fraction of sp³-hybridized carbons (Fsp3) is 0.706. The Bertz CT molecular complexity index is 849. The summed E-state index contributed by atoms with van der Waals surface area (Å²) in [4.78, 5) is 34.0. The van der Waals surface area contributed by atoms with E-state index in [4.69, 9.17) is 0 Å². The molecule has 2 amide bonds. The van der Waals surface area contributed by atoms with Gasteiger partial charge in [-0.1, -0.05) is 13.8 Å². The second-order valence-electron chi connectivity index (χ2n) is 7.88. The molecule has 150 valence electrons. The van der Waals surface area contributed by atoms with Crippen molar-refractivity contribution in [1.29, 1.82) is 0 Å². The van der Waals surface area contributed by atoms with Crippen LogP contribution in [0.3, 0.4) is 0 Å². The number of amides is 2. The molecule has 3 atom stereocenters. The van der Waals surface area contributed by atoms with Crippen molar-refractivity contribution in [3.05, 3.63) is 16.1 Å². The summed E-state index contributed by atoms with van der Waals surface area (Å²) in [5.41, 5.74) is 0.366. The lowest BCUT2D eigenvalue weighted by Crippen LogP contribution is -2.44. The Morgan fingerprint density at radius 1 is 1.41 bits per heavy atom. The second kappa shape index (κ2) is 7.14. The van der Waals surface area contributed by atoms with Crippen LogP contribution in [-0.4, -0.2) is 78.3 Å². The van der Waals surface area contributed by atoms with Crippen LogP contribution in [0.5, 0.6) is 0 Å². The van der Waals surface area contributed by atoms with E-state index in [-0.39, 0.29) is 11.8 Å². The van der Waals surface area contributed by atoms with Gasteiger partial charge in [-0.3, -0.25) is 9.59 Å². The zero-order chi connectivity index (χ0) is 20.1. The van der Waals surface area contributed by atoms with Crippen molar-refractivity contribution in [3.8, 4) is 0 Å². The average Bonchev–Trinajstić information content (AvgIpc) is 3.18. The first kappa shape index (κ1) is 20.2. The smallest absolute Gasteiger partial charge is 0.273 e. The monoisotopic (exact) mass is 414 g/mol. The molecule has 0 saturated carbocycles. The molecule has 2 fully saturated rings. The van der Waals surface area contributed by atoms with E-state index in [1.807, 2.05) is 32.8 Å². The fourth-order valence-corrected chi connectivity index (χ4v) is 6.23. The highest BCUT2D eigenvalue weighted by Crippen LogP contribution is 2.41. The van der Waals surface area contributed by atoms with Crippen molar-refractivity contribution < 1.29 is 18.0 Å². The Labute approximate surface area is 164 Å². The minimum Gasteiger partial charge on any atom is -0.331 e. The number of nitrogens with zero attached hydrogens (tertiary/aromatic N) is 4. The number of thiazole rings is 1. The molecule has 0 unspecified atom stereocenters. The molecule has 2 aliphatic rings. The number of carbonyl (C=O) groups excluding carboxylic acids is 2. The summed E-state index contributed by atoms with van der Waals surface area (Å²) in [5, 5.41) is 2.59. The summed E-state index contributed by atoms with van der Waals surface area (Å²) in [6.07, 6.45) is 1.52. The van der Waals surface area contributed by atoms with Gasteiger partial charge in [-0.05, 0) is 26.4 Å². The summed E-state index contributed by atoms with van der Waals surface area (Å²) in [5.74, 6) is -1.20. The first-order chi connectivity index (χ1) is 12.5. The van der Waals surface area contributed by atoms with Crippen LogP contribution >= 0.6 is 11.3 Å². The Hall–Kier alpha value is -1.52. The lowest BCUT2D eigenvalue weighted by atomic mass is 9.88. The van der Waals surface area contributed by atoms with E-state index in [0.717, 1.165) is 15.6 Å². The third-order valence-corrected chi connectivity index (χ3v) is 7.15. The molecular weight excluding hydrogens is 388 g/mol. The lowest BCUT2D eigenvalue weighted by molar-refractivity contribution is -0.129. The number of fused-ring (bicyclic) bond motifs is 1. The van der Waals surface area contributed by atoms with Gasteiger partial charge < -0.3 is 9.80 Å². The van der Waals surface area contributed by atoms with Crippen LogP contribution < -0.4 is 0 Å². The zero-order valence-corrected chi connectivity index (χ0v) is 17.9. The highest BCUT2D eigenvalue weighted by molar-refractivity contribution is 7.88. The molecule has 0 aromatic carbocycles. The summed E-state index contributed by atoms with van der Waals surface area (Å²) < 4.78 is 25.4. The first-order valence-corrected chi connectivity index (χ1v) is 11.7. The normalized spacial score (nSPS) is 25.7. The van der Waals surface area contributed by atoms with Gasteiger partial charge in [0, 0.05) is 18.5 Å². The number of hydrogen-bond donors (Lipinski definition) is 0. The molecule has 0 spiro atoms. The number of likely N-dealkylation sites (tertiary alicyclic amines) is 1. The maximum Gasteiger partial charge on any atom is 0.273 e. The van der Waals surface area contributed by atoms with Crippen LogP contribution in [0.1, 0.15) is 35.8 Å². The second-order valence-corrected chi connectivity index (χ2v) is 10.7. The van der Waals surface area contributed by atoms with Crippen LogP contribution in [-0.2, 0) is 21.4 Å². The Kier molecular flexibility index (Phi) is 5.35. The third kappa shape index (κ3) is 3.62. The van der Waals surface area contributed by atoms with E-state index in [1.54, 1.807) is 10.3 Å². The molecule has 2 aliphatic heterocycles. The van der Waals surface area contributed by atoms with Gasteiger partial charge in [-0.25, -0.2) is 17.7 Å². The minimum atomic E-state index is -3.67. The van der Waals surface area contributed by atoms with E-state index >= 15 is 0 Å². The molecule has 10 heteroatoms. The summed E-state index contributed by atoms with van der Waals surface area (Å²) in [7, 11) is 0.203. The number of aromatic nitrogens is 1. The van der Waals surface area contributed by atoms with Gasteiger partial charge in [0.1, 0.15) is 10.7 Å². The summed E-state index contributed by atoms with van der Waals surface area (Å²) in [6.45, 7) is 4.87. The zero-order valence-electron chi connectivity index (χ0n) is 16.2. The van der Waals surface area contributed by atoms with Gasteiger partial charge in [0.05, 0.1) is 24.3 Å². The molecule has 1 aromatic heterocycles. The Morgan fingerprint density at radius 3 is 2.63 bits per heavy atom. The van der Waals surface area contributed by atoms with Gasteiger partial charge in [-0.15, -0.1) is 11.3 Å². The number of carbonyl (C=O) groups is 2. The molecular formula is C17H26N4O4S2. The van der Waals surface area contributed by atoms with Crippen molar-refractivity contribution in [2.45, 2.75) is 38.9 Å². The van der Waals surface area contributed by atoms with Crippen LogP contribution in [0.4, 0.5) is 0 Å². The van der Waals surface area contributed by atoms with Crippen LogP contribution in [0.25, 0.3) is 0 Å². The van der Waals surface area contributed by atoms with Crippen molar-refractivity contribution >= 4 is 33.2 Å². The quantitative estimate of drug-likeness (QED) is 0.710. The predicted molar refractivity (Wildman–Crippen MR) is 103 cm³/mol. The van der Waals surface area contributed by atoms with Crippen LogP contribution in [0.2, 0.25) is 0 Å². The van der Waals surface area contributed by atoms with Gasteiger partial charge in [0.2, 0.25) is 15.9 Å². The average molecular weight is 415 g/mol. The maximum absolute atomic E-state index is 13.1. The van der Waals surface area contributed by atoms with Crippen LogP contribution in [0.15, 0.2) is 5.38 Å². The Morgan fingerprint density at radius 2 is 2.07 bits per heavy atom. The number of sulfonamides is 1. The lowest BCUT2D eigenvalue weighted by Gasteiger charge is -2.28. The predicted octanol–water partition coefficient (Wildman–Crippen LogP) is 0.862. The van der Waals surface area contributed by atoms with Gasteiger partial charge >= 0.3 is 0 Å². The SMILES string of the molecule is CC(C)[C@@H]1C(=O)N(S(C)(=O)=O)[C@@H]2CCN(C(=O)c3csc(CN(C)C)n3)[C@H]21. The molecule has 1 aromatic rings. The number of rotatable bonds is 5. The van der Waals surface area contributed by atoms with Gasteiger partial charge in [0.15, 0.2) is 0 Å². The molecule has 0 aliphatic carbocycles. The van der Waals surface area contributed by atoms with E-state index in [2.05, 4.69) is 4.98 Å². The van der Waals surface area contributed by atoms with E-state index < -0.39 is 33.9 Å². The van der Waals surface area contributed by atoms with Crippen molar-refractivity contribution in [1.82, 2.24) is 19.1 Å². The largest absolute Gasteiger partial charge is 0.331 e. The minimum absolute atomic E-state index is 0.0649. The summed E-state index contributed by atoms with van der Waals surface area (Å²) in [6, 6.07) is -0.914. The van der Waals surface area contributed by atoms with E-state index in [1.165, 1.54) is 11.3 Å². The van der Waals surface area contributed by atoms with Gasteiger partial charge in [-0.2, -0.15) is 0 Å².